The van der Waals surface area contributed by atoms with Gasteiger partial charge < -0.3 is 10.1 Å². The number of benzene rings is 1. The van der Waals surface area contributed by atoms with E-state index in [2.05, 4.69) is 10.3 Å². The summed E-state index contributed by atoms with van der Waals surface area (Å²) in [4.78, 5) is 3.80. The van der Waals surface area contributed by atoms with Crippen LogP contribution in [0.5, 0.6) is 11.6 Å². The lowest BCUT2D eigenvalue weighted by Gasteiger charge is -2.09. The Balaban J connectivity index is 2.28. The largest absolute Gasteiger partial charge is 0.436 e. The minimum atomic E-state index is -0.834. The molecule has 2 aromatic rings. The van der Waals surface area contributed by atoms with Crippen molar-refractivity contribution in [2.45, 2.75) is 13.8 Å². The first-order valence-electron chi connectivity index (χ1n) is 5.94. The molecule has 19 heavy (non-hydrogen) atoms. The summed E-state index contributed by atoms with van der Waals surface area (Å²) in [6, 6.07) is 7.83. The number of anilines is 1. The van der Waals surface area contributed by atoms with E-state index in [0.29, 0.717) is 12.3 Å². The third-order valence-electron chi connectivity index (χ3n) is 2.48. The molecule has 0 aliphatic rings. The number of halogens is 2. The molecular weight excluding hydrogens is 250 g/mol. The molecule has 0 aliphatic heterocycles. The van der Waals surface area contributed by atoms with Gasteiger partial charge in [-0.25, -0.2) is 8.78 Å². The van der Waals surface area contributed by atoms with E-state index >= 15 is 0 Å². The lowest BCUT2D eigenvalue weighted by atomic mass is 10.2. The summed E-state index contributed by atoms with van der Waals surface area (Å²) in [6.07, 6.45) is 0. The van der Waals surface area contributed by atoms with Crippen molar-refractivity contribution in [1.82, 2.24) is 4.98 Å². The van der Waals surface area contributed by atoms with E-state index in [1.54, 1.807) is 19.1 Å². The van der Waals surface area contributed by atoms with Gasteiger partial charge in [-0.2, -0.15) is 4.98 Å². The Labute approximate surface area is 110 Å². The fraction of sp³-hybridized carbons (Fsp3) is 0.214. The Kier molecular flexibility index (Phi) is 3.94. The molecule has 1 N–H and O–H groups in total. The average Bonchev–Trinajstić information content (AvgIpc) is 2.38. The number of pyridine rings is 1. The van der Waals surface area contributed by atoms with Crippen LogP contribution in [0.15, 0.2) is 30.3 Å². The van der Waals surface area contributed by atoms with Gasteiger partial charge in [-0.05, 0) is 26.0 Å². The van der Waals surface area contributed by atoms with Gasteiger partial charge in [-0.1, -0.05) is 17.7 Å². The Morgan fingerprint density at radius 2 is 1.84 bits per heavy atom. The van der Waals surface area contributed by atoms with Gasteiger partial charge in [0.25, 0.3) is 5.88 Å². The van der Waals surface area contributed by atoms with Crippen molar-refractivity contribution in [3.05, 3.63) is 47.5 Å². The van der Waals surface area contributed by atoms with E-state index in [9.17, 15) is 8.78 Å². The summed E-state index contributed by atoms with van der Waals surface area (Å²) in [6.45, 7) is 4.22. The topological polar surface area (TPSA) is 34.2 Å². The number of hydrogen-bond donors (Lipinski definition) is 1. The minimum absolute atomic E-state index is 0.0222. The predicted molar refractivity (Wildman–Crippen MR) is 69.6 cm³/mol. The molecule has 0 spiro atoms. The molecule has 0 saturated carbocycles. The molecule has 1 aromatic carbocycles. The average molecular weight is 264 g/mol. The zero-order valence-electron chi connectivity index (χ0n) is 10.7. The van der Waals surface area contributed by atoms with Gasteiger partial charge in [0.2, 0.25) is 0 Å². The van der Waals surface area contributed by atoms with E-state index < -0.39 is 11.6 Å². The monoisotopic (exact) mass is 264 g/mol. The standard InChI is InChI=1S/C14H14F2N2O/c1-3-17-13-11(15)8-12(16)14(18-13)19-10-6-4-9(2)5-7-10/h4-8H,3H2,1-2H3,(H,17,18). The summed E-state index contributed by atoms with van der Waals surface area (Å²) in [5.74, 6) is -1.39. The van der Waals surface area contributed by atoms with E-state index in [1.165, 1.54) is 0 Å². The SMILES string of the molecule is CCNc1nc(Oc2ccc(C)cc2)c(F)cc1F. The third kappa shape index (κ3) is 3.19. The highest BCUT2D eigenvalue weighted by Gasteiger charge is 2.13. The second kappa shape index (κ2) is 5.65. The van der Waals surface area contributed by atoms with Crippen molar-refractivity contribution >= 4 is 5.82 Å². The maximum Gasteiger partial charge on any atom is 0.258 e. The summed E-state index contributed by atoms with van der Waals surface area (Å²) >= 11 is 0. The summed E-state index contributed by atoms with van der Waals surface area (Å²) in [7, 11) is 0. The van der Waals surface area contributed by atoms with Crippen LogP contribution in [-0.2, 0) is 0 Å². The van der Waals surface area contributed by atoms with E-state index in [-0.39, 0.29) is 11.7 Å². The van der Waals surface area contributed by atoms with Gasteiger partial charge >= 0.3 is 0 Å². The van der Waals surface area contributed by atoms with Crippen molar-refractivity contribution in [1.29, 1.82) is 0 Å². The van der Waals surface area contributed by atoms with Crippen molar-refractivity contribution in [3.8, 4) is 11.6 Å². The molecule has 0 amide bonds. The fourth-order valence-corrected chi connectivity index (χ4v) is 1.53. The van der Waals surface area contributed by atoms with Crippen molar-refractivity contribution in [2.24, 2.45) is 0 Å². The highest BCUT2D eigenvalue weighted by molar-refractivity contribution is 5.41. The summed E-state index contributed by atoms with van der Waals surface area (Å²) < 4.78 is 32.3. The molecule has 1 aromatic heterocycles. The Bertz CT molecular complexity index is 570. The van der Waals surface area contributed by atoms with Crippen LogP contribution in [0, 0.1) is 18.6 Å². The second-order valence-electron chi connectivity index (χ2n) is 4.05. The number of rotatable bonds is 4. The Hall–Kier alpha value is -2.17. The van der Waals surface area contributed by atoms with Crippen molar-refractivity contribution in [2.75, 3.05) is 11.9 Å². The predicted octanol–water partition coefficient (Wildman–Crippen LogP) is 3.89. The zero-order valence-corrected chi connectivity index (χ0v) is 10.7. The molecule has 3 nitrogen and oxygen atoms in total. The molecule has 2 rings (SSSR count). The van der Waals surface area contributed by atoms with Crippen LogP contribution < -0.4 is 10.1 Å². The van der Waals surface area contributed by atoms with Gasteiger partial charge in [0.15, 0.2) is 17.5 Å². The first-order chi connectivity index (χ1) is 9.10. The maximum atomic E-state index is 13.6. The van der Waals surface area contributed by atoms with Gasteiger partial charge in [-0.15, -0.1) is 0 Å². The Morgan fingerprint density at radius 1 is 1.16 bits per heavy atom. The van der Waals surface area contributed by atoms with Crippen LogP contribution in [0.2, 0.25) is 0 Å². The van der Waals surface area contributed by atoms with Crippen LogP contribution in [0.4, 0.5) is 14.6 Å². The number of hydrogen-bond acceptors (Lipinski definition) is 3. The number of ether oxygens (including phenoxy) is 1. The summed E-state index contributed by atoms with van der Waals surface area (Å²) in [5, 5.41) is 2.71. The lowest BCUT2D eigenvalue weighted by molar-refractivity contribution is 0.418. The highest BCUT2D eigenvalue weighted by Crippen LogP contribution is 2.26. The molecule has 0 saturated heterocycles. The van der Waals surface area contributed by atoms with Crippen LogP contribution in [-0.4, -0.2) is 11.5 Å². The van der Waals surface area contributed by atoms with Gasteiger partial charge in [0.1, 0.15) is 5.75 Å². The normalized spacial score (nSPS) is 10.3. The second-order valence-corrected chi connectivity index (χ2v) is 4.05. The fourth-order valence-electron chi connectivity index (χ4n) is 1.53. The molecule has 0 unspecified atom stereocenters. The van der Waals surface area contributed by atoms with Crippen LogP contribution in [0.3, 0.4) is 0 Å². The molecule has 0 radical (unpaired) electrons. The quantitative estimate of drug-likeness (QED) is 0.909. The molecule has 5 heteroatoms. The van der Waals surface area contributed by atoms with Crippen LogP contribution in [0.1, 0.15) is 12.5 Å². The molecule has 0 atom stereocenters. The van der Waals surface area contributed by atoms with E-state index in [4.69, 9.17) is 4.74 Å². The molecule has 100 valence electrons. The van der Waals surface area contributed by atoms with Gasteiger partial charge in [0.05, 0.1) is 0 Å². The van der Waals surface area contributed by atoms with Gasteiger partial charge in [0, 0.05) is 12.6 Å². The maximum absolute atomic E-state index is 13.6. The molecular formula is C14H14F2N2O. The first-order valence-corrected chi connectivity index (χ1v) is 5.94. The van der Waals surface area contributed by atoms with Crippen LogP contribution in [0.25, 0.3) is 0 Å². The Morgan fingerprint density at radius 3 is 2.47 bits per heavy atom. The number of nitrogens with one attached hydrogen (secondary N) is 1. The molecule has 0 fully saturated rings. The molecule has 1 heterocycles. The number of nitrogens with zero attached hydrogens (tertiary/aromatic N) is 1. The van der Waals surface area contributed by atoms with Crippen molar-refractivity contribution < 1.29 is 13.5 Å². The minimum Gasteiger partial charge on any atom is -0.436 e. The smallest absolute Gasteiger partial charge is 0.258 e. The molecule has 0 bridgehead atoms. The van der Waals surface area contributed by atoms with Gasteiger partial charge in [-0.3, -0.25) is 0 Å². The first kappa shape index (κ1) is 13.3. The number of aromatic nitrogens is 1. The summed E-state index contributed by atoms with van der Waals surface area (Å²) in [5.41, 5.74) is 1.06. The highest BCUT2D eigenvalue weighted by atomic mass is 19.1. The van der Waals surface area contributed by atoms with Crippen LogP contribution >= 0.6 is 0 Å². The van der Waals surface area contributed by atoms with E-state index in [1.807, 2.05) is 19.1 Å². The number of aryl methyl sites for hydroxylation is 1. The zero-order chi connectivity index (χ0) is 13.8. The van der Waals surface area contributed by atoms with Crippen molar-refractivity contribution in [3.63, 3.8) is 0 Å². The third-order valence-corrected chi connectivity index (χ3v) is 2.48. The van der Waals surface area contributed by atoms with E-state index in [0.717, 1.165) is 11.6 Å². The molecule has 0 aliphatic carbocycles. The lowest BCUT2D eigenvalue weighted by Crippen LogP contribution is -2.04.